The van der Waals surface area contributed by atoms with E-state index in [1.807, 2.05) is 36.4 Å². The second-order valence-corrected chi connectivity index (χ2v) is 6.79. The molecule has 5 nitrogen and oxygen atoms in total. The van der Waals surface area contributed by atoms with Crippen molar-refractivity contribution >= 4 is 23.4 Å². The minimum absolute atomic E-state index is 0.00179. The summed E-state index contributed by atoms with van der Waals surface area (Å²) in [6.45, 7) is 2.01. The largest absolute Gasteiger partial charge is 0.338 e. The van der Waals surface area contributed by atoms with E-state index in [4.69, 9.17) is 17.3 Å². The summed E-state index contributed by atoms with van der Waals surface area (Å²) in [6, 6.07) is 16.0. The van der Waals surface area contributed by atoms with Crippen molar-refractivity contribution in [2.45, 2.75) is 12.5 Å². The van der Waals surface area contributed by atoms with Crippen LogP contribution in [0.3, 0.4) is 0 Å². The van der Waals surface area contributed by atoms with Gasteiger partial charge in [0.25, 0.3) is 5.91 Å². The Labute approximate surface area is 158 Å². The van der Waals surface area contributed by atoms with Crippen molar-refractivity contribution in [3.63, 3.8) is 0 Å². The first-order valence-electron chi connectivity index (χ1n) is 8.68. The Hall–Kier alpha value is -2.37. The van der Waals surface area contributed by atoms with E-state index >= 15 is 0 Å². The van der Waals surface area contributed by atoms with Gasteiger partial charge in [-0.15, -0.1) is 0 Å². The van der Waals surface area contributed by atoms with E-state index in [9.17, 15) is 9.59 Å². The third kappa shape index (κ3) is 4.23. The number of amides is 2. The molecule has 2 amide bonds. The summed E-state index contributed by atoms with van der Waals surface area (Å²) in [7, 11) is 0. The van der Waals surface area contributed by atoms with E-state index in [1.54, 1.807) is 28.0 Å². The van der Waals surface area contributed by atoms with Gasteiger partial charge < -0.3 is 15.5 Å². The molecule has 0 spiro atoms. The van der Waals surface area contributed by atoms with Crippen LogP contribution in [0.25, 0.3) is 0 Å². The molecule has 1 fully saturated rings. The van der Waals surface area contributed by atoms with Crippen molar-refractivity contribution in [2.24, 2.45) is 5.73 Å². The molecule has 0 aromatic heterocycles. The first-order valence-corrected chi connectivity index (χ1v) is 9.06. The van der Waals surface area contributed by atoms with E-state index < -0.39 is 6.04 Å². The van der Waals surface area contributed by atoms with Gasteiger partial charge in [0.1, 0.15) is 0 Å². The fourth-order valence-electron chi connectivity index (χ4n) is 3.12. The summed E-state index contributed by atoms with van der Waals surface area (Å²) >= 11 is 6.15. The zero-order chi connectivity index (χ0) is 18.5. The minimum atomic E-state index is -0.633. The van der Waals surface area contributed by atoms with Crippen molar-refractivity contribution in [2.75, 3.05) is 26.2 Å². The standard InChI is InChI=1S/C20H22ClN3O2/c21-17-9-5-4-8-16(17)14-18(22)20(26)24-12-10-23(11-13-24)19(25)15-6-2-1-3-7-15/h1-9,18H,10-14,22H2. The summed E-state index contributed by atoms with van der Waals surface area (Å²) in [6.07, 6.45) is 0.404. The number of piperazine rings is 1. The van der Waals surface area contributed by atoms with Crippen LogP contribution in [0, 0.1) is 0 Å². The Morgan fingerprint density at radius 1 is 0.923 bits per heavy atom. The molecule has 1 atom stereocenters. The van der Waals surface area contributed by atoms with Crippen LogP contribution in [0.1, 0.15) is 15.9 Å². The fraction of sp³-hybridized carbons (Fsp3) is 0.300. The lowest BCUT2D eigenvalue weighted by Crippen LogP contribution is -2.54. The molecule has 6 heteroatoms. The van der Waals surface area contributed by atoms with Crippen molar-refractivity contribution in [3.8, 4) is 0 Å². The lowest BCUT2D eigenvalue weighted by atomic mass is 10.0. The van der Waals surface area contributed by atoms with Crippen LogP contribution in [0.4, 0.5) is 0 Å². The quantitative estimate of drug-likeness (QED) is 0.895. The normalized spacial score (nSPS) is 15.6. The molecule has 2 aromatic carbocycles. The molecule has 1 aliphatic heterocycles. The fourth-order valence-corrected chi connectivity index (χ4v) is 3.33. The molecule has 26 heavy (non-hydrogen) atoms. The molecular formula is C20H22ClN3O2. The van der Waals surface area contributed by atoms with Gasteiger partial charge in [-0.05, 0) is 30.2 Å². The van der Waals surface area contributed by atoms with Gasteiger partial charge in [-0.2, -0.15) is 0 Å². The number of carbonyl (C=O) groups excluding carboxylic acids is 2. The highest BCUT2D eigenvalue weighted by atomic mass is 35.5. The van der Waals surface area contributed by atoms with E-state index in [1.165, 1.54) is 0 Å². The summed E-state index contributed by atoms with van der Waals surface area (Å²) in [5.74, 6) is -0.102. The van der Waals surface area contributed by atoms with Crippen LogP contribution >= 0.6 is 11.6 Å². The van der Waals surface area contributed by atoms with Crippen LogP contribution in [-0.4, -0.2) is 53.8 Å². The highest BCUT2D eigenvalue weighted by molar-refractivity contribution is 6.31. The average Bonchev–Trinajstić information content (AvgIpc) is 2.69. The molecule has 3 rings (SSSR count). The summed E-state index contributed by atoms with van der Waals surface area (Å²) < 4.78 is 0. The molecule has 2 N–H and O–H groups in total. The lowest BCUT2D eigenvalue weighted by Gasteiger charge is -2.36. The minimum Gasteiger partial charge on any atom is -0.338 e. The number of carbonyl (C=O) groups is 2. The zero-order valence-electron chi connectivity index (χ0n) is 14.5. The van der Waals surface area contributed by atoms with Crippen LogP contribution in [-0.2, 0) is 11.2 Å². The van der Waals surface area contributed by atoms with Crippen molar-refractivity contribution in [1.29, 1.82) is 0 Å². The molecule has 0 saturated carbocycles. The molecule has 1 unspecified atom stereocenters. The Balaban J connectivity index is 1.55. The molecule has 136 valence electrons. The monoisotopic (exact) mass is 371 g/mol. The van der Waals surface area contributed by atoms with Gasteiger partial charge in [0.15, 0.2) is 0 Å². The predicted octanol–water partition coefficient (Wildman–Crippen LogP) is 2.19. The summed E-state index contributed by atoms with van der Waals surface area (Å²) in [5.41, 5.74) is 7.64. The number of benzene rings is 2. The molecule has 2 aromatic rings. The van der Waals surface area contributed by atoms with Gasteiger partial charge in [-0.1, -0.05) is 48.0 Å². The zero-order valence-corrected chi connectivity index (χ0v) is 15.2. The van der Waals surface area contributed by atoms with Gasteiger partial charge in [-0.25, -0.2) is 0 Å². The topological polar surface area (TPSA) is 66.6 Å². The van der Waals surface area contributed by atoms with Gasteiger partial charge in [0, 0.05) is 36.8 Å². The number of hydrogen-bond acceptors (Lipinski definition) is 3. The molecule has 1 heterocycles. The SMILES string of the molecule is NC(Cc1ccccc1Cl)C(=O)N1CCN(C(=O)c2ccccc2)CC1. The van der Waals surface area contributed by atoms with Gasteiger partial charge in [0.2, 0.25) is 5.91 Å². The number of hydrogen-bond donors (Lipinski definition) is 1. The average molecular weight is 372 g/mol. The Morgan fingerprint density at radius 3 is 2.15 bits per heavy atom. The van der Waals surface area contributed by atoms with Gasteiger partial charge >= 0.3 is 0 Å². The molecule has 1 aliphatic rings. The number of halogens is 1. The predicted molar refractivity (Wildman–Crippen MR) is 102 cm³/mol. The Morgan fingerprint density at radius 2 is 1.50 bits per heavy atom. The Kier molecular flexibility index (Phi) is 5.91. The van der Waals surface area contributed by atoms with E-state index in [2.05, 4.69) is 0 Å². The maximum absolute atomic E-state index is 12.6. The Bertz CT molecular complexity index is 774. The van der Waals surface area contributed by atoms with Crippen LogP contribution in [0.15, 0.2) is 54.6 Å². The maximum Gasteiger partial charge on any atom is 0.253 e. The van der Waals surface area contributed by atoms with Crippen molar-refractivity contribution in [3.05, 3.63) is 70.7 Å². The third-order valence-corrected chi connectivity index (χ3v) is 4.98. The molecule has 0 radical (unpaired) electrons. The van der Waals surface area contributed by atoms with Crippen LogP contribution < -0.4 is 5.73 Å². The highest BCUT2D eigenvalue weighted by Gasteiger charge is 2.27. The highest BCUT2D eigenvalue weighted by Crippen LogP contribution is 2.17. The summed E-state index contributed by atoms with van der Waals surface area (Å²) in [5, 5.41) is 0.619. The third-order valence-electron chi connectivity index (χ3n) is 4.61. The van der Waals surface area contributed by atoms with E-state index in [-0.39, 0.29) is 11.8 Å². The maximum atomic E-state index is 12.6. The van der Waals surface area contributed by atoms with Gasteiger partial charge in [-0.3, -0.25) is 9.59 Å². The molecule has 0 bridgehead atoms. The van der Waals surface area contributed by atoms with Crippen LogP contribution in [0.2, 0.25) is 5.02 Å². The number of nitrogens with zero attached hydrogens (tertiary/aromatic N) is 2. The molecule has 0 aliphatic carbocycles. The lowest BCUT2D eigenvalue weighted by molar-refractivity contribution is -0.134. The number of rotatable bonds is 4. The van der Waals surface area contributed by atoms with Crippen molar-refractivity contribution in [1.82, 2.24) is 9.80 Å². The summed E-state index contributed by atoms with van der Waals surface area (Å²) in [4.78, 5) is 28.6. The second-order valence-electron chi connectivity index (χ2n) is 6.39. The number of nitrogens with two attached hydrogens (primary N) is 1. The van der Waals surface area contributed by atoms with E-state index in [0.717, 1.165) is 5.56 Å². The van der Waals surface area contributed by atoms with Crippen molar-refractivity contribution < 1.29 is 9.59 Å². The van der Waals surface area contributed by atoms with E-state index in [0.29, 0.717) is 43.2 Å². The molecule has 1 saturated heterocycles. The smallest absolute Gasteiger partial charge is 0.253 e. The van der Waals surface area contributed by atoms with Crippen LogP contribution in [0.5, 0.6) is 0 Å². The molecular weight excluding hydrogens is 350 g/mol. The second kappa shape index (κ2) is 8.34. The first kappa shape index (κ1) is 18.4. The van der Waals surface area contributed by atoms with Gasteiger partial charge in [0.05, 0.1) is 6.04 Å². The first-order chi connectivity index (χ1) is 12.6.